The van der Waals surface area contributed by atoms with Crippen molar-refractivity contribution in [3.8, 4) is 17.2 Å². The van der Waals surface area contributed by atoms with Crippen LogP contribution in [0.3, 0.4) is 0 Å². The van der Waals surface area contributed by atoms with Gasteiger partial charge in [0.15, 0.2) is 0 Å². The lowest BCUT2D eigenvalue weighted by atomic mass is 10.1. The van der Waals surface area contributed by atoms with Gasteiger partial charge in [-0.05, 0) is 79.3 Å². The molecule has 2 aromatic carbocycles. The highest BCUT2D eigenvalue weighted by Gasteiger charge is 2.30. The molecular weight excluding hydrogens is 440 g/mol. The third-order valence-corrected chi connectivity index (χ3v) is 6.93. The molecule has 1 saturated heterocycles. The Kier molecular flexibility index (Phi) is 5.25. The number of ether oxygens (including phenoxy) is 1. The molecule has 35 heavy (non-hydrogen) atoms. The minimum atomic E-state index is -0.142. The number of amides is 1. The molecule has 0 N–H and O–H groups in total. The summed E-state index contributed by atoms with van der Waals surface area (Å²) in [5.74, 6) is 2.09. The van der Waals surface area contributed by atoms with Crippen LogP contribution in [0.15, 0.2) is 84.4 Å². The predicted octanol–water partition coefficient (Wildman–Crippen LogP) is 4.82. The molecular formula is C28H26N4O3. The zero-order chi connectivity index (χ0) is 23.9. The van der Waals surface area contributed by atoms with Crippen molar-refractivity contribution < 1.29 is 9.53 Å². The standard InChI is InChI=1S/C28H26N4O3/c1-2-27(33)30-15-13-22(18-30)32-25-12-14-29-17-26(25)31(28(32)34)21-8-10-23(11-9-21)35-24-5-3-4-20(16-24)19-6-7-19/h2-5,8-12,14,16-17,19,22H,1,6-7,13,15,18H2/t22-/m1/s1. The highest BCUT2D eigenvalue weighted by atomic mass is 16.5. The highest BCUT2D eigenvalue weighted by molar-refractivity contribution is 5.87. The Balaban J connectivity index is 1.31. The van der Waals surface area contributed by atoms with Crippen molar-refractivity contribution in [3.63, 3.8) is 0 Å². The van der Waals surface area contributed by atoms with Crippen molar-refractivity contribution in [2.24, 2.45) is 0 Å². The molecule has 1 amide bonds. The van der Waals surface area contributed by atoms with E-state index in [0.29, 0.717) is 31.2 Å². The SMILES string of the molecule is C=CC(=O)N1CC[C@@H](n2c(=O)n(-c3ccc(Oc4cccc(C5CC5)c4)cc3)c3cnccc32)C1. The smallest absolute Gasteiger partial charge is 0.334 e. The van der Waals surface area contributed by atoms with Gasteiger partial charge in [-0.1, -0.05) is 18.7 Å². The summed E-state index contributed by atoms with van der Waals surface area (Å²) in [5.41, 5.74) is 3.46. The van der Waals surface area contributed by atoms with Crippen molar-refractivity contribution >= 4 is 16.9 Å². The van der Waals surface area contributed by atoms with Gasteiger partial charge in [0.05, 0.1) is 29.0 Å². The van der Waals surface area contributed by atoms with Crippen LogP contribution in [0.4, 0.5) is 0 Å². The molecule has 7 nitrogen and oxygen atoms in total. The fourth-order valence-electron chi connectivity index (χ4n) is 5.00. The van der Waals surface area contributed by atoms with Crippen LogP contribution in [0.25, 0.3) is 16.7 Å². The average molecular weight is 467 g/mol. The zero-order valence-corrected chi connectivity index (χ0v) is 19.3. The fraction of sp³-hybridized carbons (Fsp3) is 0.250. The van der Waals surface area contributed by atoms with Gasteiger partial charge in [-0.25, -0.2) is 4.79 Å². The van der Waals surface area contributed by atoms with Crippen LogP contribution in [-0.2, 0) is 4.79 Å². The first-order chi connectivity index (χ1) is 17.1. The molecule has 0 radical (unpaired) electrons. The molecule has 0 spiro atoms. The number of fused-ring (bicyclic) bond motifs is 1. The first-order valence-corrected chi connectivity index (χ1v) is 12.0. The zero-order valence-electron chi connectivity index (χ0n) is 19.3. The molecule has 1 atom stereocenters. The maximum absolute atomic E-state index is 13.6. The van der Waals surface area contributed by atoms with Gasteiger partial charge in [0.1, 0.15) is 11.5 Å². The van der Waals surface area contributed by atoms with Crippen molar-refractivity contribution in [2.45, 2.75) is 31.2 Å². The normalized spacial score (nSPS) is 17.6. The largest absolute Gasteiger partial charge is 0.457 e. The third kappa shape index (κ3) is 3.93. The lowest BCUT2D eigenvalue weighted by molar-refractivity contribution is -0.125. The van der Waals surface area contributed by atoms with Gasteiger partial charge in [-0.3, -0.25) is 18.9 Å². The number of rotatable bonds is 6. The Bertz CT molecular complexity index is 1480. The van der Waals surface area contributed by atoms with Crippen molar-refractivity contribution in [3.05, 3.63) is 95.7 Å². The molecule has 1 saturated carbocycles. The molecule has 4 aromatic rings. The molecule has 1 aliphatic heterocycles. The monoisotopic (exact) mass is 466 g/mol. The van der Waals surface area contributed by atoms with Gasteiger partial charge >= 0.3 is 5.69 Å². The number of carbonyl (C=O) groups excluding carboxylic acids is 1. The number of imidazole rings is 1. The Labute approximate surface area is 202 Å². The van der Waals surface area contributed by atoms with Crippen molar-refractivity contribution in [2.75, 3.05) is 13.1 Å². The van der Waals surface area contributed by atoms with E-state index in [2.05, 4.69) is 23.7 Å². The topological polar surface area (TPSA) is 69.4 Å². The van der Waals surface area contributed by atoms with Crippen LogP contribution in [0.2, 0.25) is 0 Å². The number of aromatic nitrogens is 3. The second kappa shape index (κ2) is 8.58. The van der Waals surface area contributed by atoms with Gasteiger partial charge < -0.3 is 9.64 Å². The second-order valence-corrected chi connectivity index (χ2v) is 9.23. The Morgan fingerprint density at radius 2 is 1.86 bits per heavy atom. The van der Waals surface area contributed by atoms with Crippen LogP contribution in [0.5, 0.6) is 11.5 Å². The number of carbonyl (C=O) groups is 1. The molecule has 2 aliphatic rings. The summed E-state index contributed by atoms with van der Waals surface area (Å²) in [5, 5.41) is 0. The molecule has 176 valence electrons. The number of likely N-dealkylation sites (tertiary alicyclic amines) is 1. The first-order valence-electron chi connectivity index (χ1n) is 12.0. The lowest BCUT2D eigenvalue weighted by Gasteiger charge is -2.15. The summed E-state index contributed by atoms with van der Waals surface area (Å²) in [6.45, 7) is 4.67. The van der Waals surface area contributed by atoms with Gasteiger partial charge in [-0.2, -0.15) is 0 Å². The third-order valence-electron chi connectivity index (χ3n) is 6.93. The predicted molar refractivity (Wildman–Crippen MR) is 134 cm³/mol. The van der Waals surface area contributed by atoms with E-state index >= 15 is 0 Å². The van der Waals surface area contributed by atoms with Gasteiger partial charge in [0.25, 0.3) is 0 Å². The number of hydrogen-bond donors (Lipinski definition) is 0. The van der Waals surface area contributed by atoms with Crippen LogP contribution in [0.1, 0.15) is 36.8 Å². The molecule has 0 unspecified atom stereocenters. The van der Waals surface area contributed by atoms with E-state index in [9.17, 15) is 9.59 Å². The Hall–Kier alpha value is -4.13. The molecule has 0 bridgehead atoms. The minimum Gasteiger partial charge on any atom is -0.457 e. The van der Waals surface area contributed by atoms with E-state index in [0.717, 1.165) is 22.5 Å². The van der Waals surface area contributed by atoms with E-state index in [1.54, 1.807) is 26.4 Å². The number of hydrogen-bond acceptors (Lipinski definition) is 4. The number of benzene rings is 2. The summed E-state index contributed by atoms with van der Waals surface area (Å²) in [6, 6.07) is 17.6. The van der Waals surface area contributed by atoms with E-state index in [4.69, 9.17) is 4.74 Å². The molecule has 1 aliphatic carbocycles. The summed E-state index contributed by atoms with van der Waals surface area (Å²) < 4.78 is 9.56. The molecule has 3 heterocycles. The lowest BCUT2D eigenvalue weighted by Crippen LogP contribution is -2.31. The fourth-order valence-corrected chi connectivity index (χ4v) is 5.00. The van der Waals surface area contributed by atoms with Crippen LogP contribution in [0, 0.1) is 0 Å². The average Bonchev–Trinajstić information content (AvgIpc) is 3.56. The molecule has 6 rings (SSSR count). The van der Waals surface area contributed by atoms with E-state index in [1.807, 2.05) is 42.5 Å². The second-order valence-electron chi connectivity index (χ2n) is 9.23. The van der Waals surface area contributed by atoms with Gasteiger partial charge in [0.2, 0.25) is 5.91 Å². The molecule has 2 fully saturated rings. The summed E-state index contributed by atoms with van der Waals surface area (Å²) in [6.07, 6.45) is 7.94. The van der Waals surface area contributed by atoms with Gasteiger partial charge in [0, 0.05) is 19.3 Å². The Morgan fingerprint density at radius 1 is 1.03 bits per heavy atom. The molecule has 2 aromatic heterocycles. The molecule has 7 heteroatoms. The van der Waals surface area contributed by atoms with Crippen LogP contribution < -0.4 is 10.4 Å². The first kappa shape index (κ1) is 21.4. The summed E-state index contributed by atoms with van der Waals surface area (Å²) in [4.78, 5) is 31.7. The summed E-state index contributed by atoms with van der Waals surface area (Å²) >= 11 is 0. The van der Waals surface area contributed by atoms with E-state index < -0.39 is 0 Å². The van der Waals surface area contributed by atoms with Crippen LogP contribution >= 0.6 is 0 Å². The highest BCUT2D eigenvalue weighted by Crippen LogP contribution is 2.41. The number of pyridine rings is 1. The van der Waals surface area contributed by atoms with Gasteiger partial charge in [-0.15, -0.1) is 0 Å². The summed E-state index contributed by atoms with van der Waals surface area (Å²) in [7, 11) is 0. The van der Waals surface area contributed by atoms with Crippen molar-refractivity contribution in [1.82, 2.24) is 19.0 Å². The maximum Gasteiger partial charge on any atom is 0.334 e. The quantitative estimate of drug-likeness (QED) is 0.382. The van der Waals surface area contributed by atoms with Crippen LogP contribution in [-0.4, -0.2) is 38.0 Å². The Morgan fingerprint density at radius 3 is 2.63 bits per heavy atom. The maximum atomic E-state index is 13.6. The van der Waals surface area contributed by atoms with Crippen molar-refractivity contribution in [1.29, 1.82) is 0 Å². The number of nitrogens with zero attached hydrogens (tertiary/aromatic N) is 4. The minimum absolute atomic E-state index is 0.0982. The van der Waals surface area contributed by atoms with E-state index in [1.165, 1.54) is 24.5 Å². The van der Waals surface area contributed by atoms with E-state index in [-0.39, 0.29) is 17.6 Å².